The Labute approximate surface area is 114 Å². The van der Waals surface area contributed by atoms with Gasteiger partial charge in [0, 0.05) is 37.4 Å². The molecule has 0 bridgehead atoms. The van der Waals surface area contributed by atoms with E-state index >= 15 is 0 Å². The molecule has 0 aliphatic carbocycles. The van der Waals surface area contributed by atoms with E-state index in [1.807, 2.05) is 13.0 Å². The topological polar surface area (TPSA) is 24.5 Å². The van der Waals surface area contributed by atoms with Gasteiger partial charge in [0.1, 0.15) is 0 Å². The summed E-state index contributed by atoms with van der Waals surface area (Å²) in [6, 6.07) is 5.76. The number of rotatable bonds is 5. The number of anilines is 1. The summed E-state index contributed by atoms with van der Waals surface area (Å²) >= 11 is 0. The van der Waals surface area contributed by atoms with Crippen LogP contribution in [0.1, 0.15) is 26.7 Å². The number of benzene rings is 1. The summed E-state index contributed by atoms with van der Waals surface area (Å²) in [6.45, 7) is 7.37. The smallest absolute Gasteiger partial charge is 0.167 e. The van der Waals surface area contributed by atoms with Gasteiger partial charge in [0.05, 0.1) is 6.61 Å². The molecule has 1 atom stereocenters. The molecule has 0 saturated carbocycles. The molecule has 2 rings (SSSR count). The minimum atomic E-state index is -0.273. The first kappa shape index (κ1) is 14.1. The highest BCUT2D eigenvalue weighted by atomic mass is 19.1. The first-order chi connectivity index (χ1) is 9.24. The van der Waals surface area contributed by atoms with E-state index in [1.54, 1.807) is 12.1 Å². The standard InChI is InChI=1S/C15H23FN2O/c1-3-5-12-11-18(9-8-17-12)13-6-7-15(19-4-2)14(16)10-13/h6-7,10,12,17H,3-5,8-9,11H2,1-2H3. The van der Waals surface area contributed by atoms with Gasteiger partial charge in [-0.15, -0.1) is 0 Å². The van der Waals surface area contributed by atoms with Gasteiger partial charge >= 0.3 is 0 Å². The number of ether oxygens (including phenoxy) is 1. The SMILES string of the molecule is CCCC1CN(c2ccc(OCC)c(F)c2)CCN1. The van der Waals surface area contributed by atoms with E-state index in [0.29, 0.717) is 18.4 Å². The van der Waals surface area contributed by atoms with Gasteiger partial charge in [0.2, 0.25) is 0 Å². The number of hydrogen-bond acceptors (Lipinski definition) is 3. The molecule has 1 fully saturated rings. The minimum absolute atomic E-state index is 0.273. The van der Waals surface area contributed by atoms with E-state index in [-0.39, 0.29) is 5.82 Å². The Morgan fingerprint density at radius 1 is 1.42 bits per heavy atom. The molecular weight excluding hydrogens is 243 g/mol. The maximum absolute atomic E-state index is 13.9. The van der Waals surface area contributed by atoms with Gasteiger partial charge in [-0.05, 0) is 25.5 Å². The van der Waals surface area contributed by atoms with Gasteiger partial charge in [0.15, 0.2) is 11.6 Å². The monoisotopic (exact) mass is 266 g/mol. The Bertz CT molecular complexity index is 409. The van der Waals surface area contributed by atoms with Gasteiger partial charge in [-0.3, -0.25) is 0 Å². The van der Waals surface area contributed by atoms with Gasteiger partial charge in [-0.2, -0.15) is 0 Å². The molecule has 0 aromatic heterocycles. The maximum Gasteiger partial charge on any atom is 0.167 e. The zero-order chi connectivity index (χ0) is 13.7. The van der Waals surface area contributed by atoms with Crippen LogP contribution in [0.15, 0.2) is 18.2 Å². The van der Waals surface area contributed by atoms with E-state index in [9.17, 15) is 4.39 Å². The van der Waals surface area contributed by atoms with E-state index in [0.717, 1.165) is 31.7 Å². The minimum Gasteiger partial charge on any atom is -0.491 e. The average molecular weight is 266 g/mol. The fourth-order valence-electron chi connectivity index (χ4n) is 2.56. The lowest BCUT2D eigenvalue weighted by Gasteiger charge is -2.35. The summed E-state index contributed by atoms with van der Waals surface area (Å²) in [5.41, 5.74) is 0.948. The zero-order valence-corrected chi connectivity index (χ0v) is 11.8. The van der Waals surface area contributed by atoms with Crippen LogP contribution < -0.4 is 15.0 Å². The van der Waals surface area contributed by atoms with Crippen molar-refractivity contribution < 1.29 is 9.13 Å². The van der Waals surface area contributed by atoms with Crippen molar-refractivity contribution >= 4 is 5.69 Å². The lowest BCUT2D eigenvalue weighted by molar-refractivity contribution is 0.321. The number of hydrogen-bond donors (Lipinski definition) is 1. The molecule has 3 nitrogen and oxygen atoms in total. The highest BCUT2D eigenvalue weighted by Gasteiger charge is 2.19. The molecular formula is C15H23FN2O. The quantitative estimate of drug-likeness (QED) is 0.887. The Morgan fingerprint density at radius 3 is 2.95 bits per heavy atom. The lowest BCUT2D eigenvalue weighted by atomic mass is 10.1. The maximum atomic E-state index is 13.9. The van der Waals surface area contributed by atoms with Gasteiger partial charge in [-0.1, -0.05) is 13.3 Å². The normalized spacial score (nSPS) is 19.5. The van der Waals surface area contributed by atoms with E-state index in [1.165, 1.54) is 6.42 Å². The molecule has 1 aromatic carbocycles. The van der Waals surface area contributed by atoms with Crippen LogP contribution in [0.5, 0.6) is 5.75 Å². The van der Waals surface area contributed by atoms with Crippen LogP contribution in [0.4, 0.5) is 10.1 Å². The molecule has 1 aliphatic heterocycles. The summed E-state index contributed by atoms with van der Waals surface area (Å²) in [4.78, 5) is 2.25. The number of piperazine rings is 1. The van der Waals surface area contributed by atoms with Crippen molar-refractivity contribution in [3.63, 3.8) is 0 Å². The van der Waals surface area contributed by atoms with Crippen LogP contribution in [0, 0.1) is 5.82 Å². The van der Waals surface area contributed by atoms with Gasteiger partial charge < -0.3 is 15.0 Å². The number of nitrogens with one attached hydrogen (secondary N) is 1. The summed E-state index contributed by atoms with van der Waals surface area (Å²) < 4.78 is 19.1. The second-order valence-electron chi connectivity index (χ2n) is 4.93. The van der Waals surface area contributed by atoms with Crippen molar-refractivity contribution in [2.24, 2.45) is 0 Å². The lowest BCUT2D eigenvalue weighted by Crippen LogP contribution is -2.50. The molecule has 1 saturated heterocycles. The van der Waals surface area contributed by atoms with Gasteiger partial charge in [0.25, 0.3) is 0 Å². The van der Waals surface area contributed by atoms with Crippen LogP contribution in [-0.4, -0.2) is 32.3 Å². The van der Waals surface area contributed by atoms with Crippen molar-refractivity contribution in [3.05, 3.63) is 24.0 Å². The Hall–Kier alpha value is -1.29. The molecule has 19 heavy (non-hydrogen) atoms. The second-order valence-corrected chi connectivity index (χ2v) is 4.93. The van der Waals surface area contributed by atoms with E-state index in [2.05, 4.69) is 17.1 Å². The molecule has 4 heteroatoms. The molecule has 106 valence electrons. The first-order valence-corrected chi connectivity index (χ1v) is 7.15. The average Bonchev–Trinajstić information content (AvgIpc) is 2.42. The van der Waals surface area contributed by atoms with Crippen LogP contribution >= 0.6 is 0 Å². The predicted molar refractivity (Wildman–Crippen MR) is 76.5 cm³/mol. The summed E-state index contributed by atoms with van der Waals surface area (Å²) in [5.74, 6) is 0.0661. The van der Waals surface area contributed by atoms with Crippen molar-refractivity contribution in [1.29, 1.82) is 0 Å². The summed E-state index contributed by atoms with van der Waals surface area (Å²) in [5, 5.41) is 3.51. The van der Waals surface area contributed by atoms with Crippen LogP contribution in [-0.2, 0) is 0 Å². The van der Waals surface area contributed by atoms with Gasteiger partial charge in [-0.25, -0.2) is 4.39 Å². The molecule has 1 aromatic rings. The second kappa shape index (κ2) is 6.75. The van der Waals surface area contributed by atoms with Crippen LogP contribution in [0.2, 0.25) is 0 Å². The molecule has 0 spiro atoms. The molecule has 0 radical (unpaired) electrons. The summed E-state index contributed by atoms with van der Waals surface area (Å²) in [6.07, 6.45) is 2.33. The third-order valence-corrected chi connectivity index (χ3v) is 3.47. The molecule has 1 N–H and O–H groups in total. The Balaban J connectivity index is 2.06. The first-order valence-electron chi connectivity index (χ1n) is 7.15. The van der Waals surface area contributed by atoms with Crippen molar-refractivity contribution in [2.45, 2.75) is 32.7 Å². The van der Waals surface area contributed by atoms with Crippen molar-refractivity contribution in [3.8, 4) is 5.75 Å². The number of nitrogens with zero attached hydrogens (tertiary/aromatic N) is 1. The van der Waals surface area contributed by atoms with Crippen LogP contribution in [0.3, 0.4) is 0 Å². The third kappa shape index (κ3) is 3.60. The van der Waals surface area contributed by atoms with E-state index in [4.69, 9.17) is 4.74 Å². The summed E-state index contributed by atoms with van der Waals surface area (Å²) in [7, 11) is 0. The molecule has 0 amide bonds. The van der Waals surface area contributed by atoms with E-state index < -0.39 is 0 Å². The molecule has 1 aliphatic rings. The largest absolute Gasteiger partial charge is 0.491 e. The van der Waals surface area contributed by atoms with Crippen molar-refractivity contribution in [2.75, 3.05) is 31.1 Å². The fourth-order valence-corrected chi connectivity index (χ4v) is 2.56. The third-order valence-electron chi connectivity index (χ3n) is 3.47. The highest BCUT2D eigenvalue weighted by Crippen LogP contribution is 2.24. The highest BCUT2D eigenvalue weighted by molar-refractivity contribution is 5.50. The molecule has 1 unspecified atom stereocenters. The Morgan fingerprint density at radius 2 is 2.26 bits per heavy atom. The number of halogens is 1. The Kier molecular flexibility index (Phi) is 5.02. The fraction of sp³-hybridized carbons (Fsp3) is 0.600. The van der Waals surface area contributed by atoms with Crippen molar-refractivity contribution in [1.82, 2.24) is 5.32 Å². The van der Waals surface area contributed by atoms with Crippen LogP contribution in [0.25, 0.3) is 0 Å². The predicted octanol–water partition coefficient (Wildman–Crippen LogP) is 2.80. The zero-order valence-electron chi connectivity index (χ0n) is 11.8. The molecule has 1 heterocycles.